The van der Waals surface area contributed by atoms with Gasteiger partial charge in [-0.05, 0) is 17.5 Å². The Morgan fingerprint density at radius 2 is 2.15 bits per heavy atom. The number of benzene rings is 1. The number of carbonyl (C=O) groups excluding carboxylic acids is 1. The van der Waals surface area contributed by atoms with E-state index in [2.05, 4.69) is 4.98 Å². The summed E-state index contributed by atoms with van der Waals surface area (Å²) < 4.78 is 20.9. The van der Waals surface area contributed by atoms with Crippen molar-refractivity contribution in [3.8, 4) is 0 Å². The fourth-order valence-corrected chi connectivity index (χ4v) is 3.32. The molecule has 0 fully saturated rings. The van der Waals surface area contributed by atoms with Gasteiger partial charge in [0.25, 0.3) is 5.91 Å². The first-order valence-corrected chi connectivity index (χ1v) is 9.12. The zero-order valence-corrected chi connectivity index (χ0v) is 15.3. The summed E-state index contributed by atoms with van der Waals surface area (Å²) in [6.07, 6.45) is 3.46. The van der Waals surface area contributed by atoms with Crippen molar-refractivity contribution in [3.05, 3.63) is 76.3 Å². The lowest BCUT2D eigenvalue weighted by Gasteiger charge is -2.22. The lowest BCUT2D eigenvalue weighted by molar-refractivity contribution is 0.0678. The Hall–Kier alpha value is -2.51. The molecular weight excluding hydrogens is 353 g/mol. The molecule has 0 N–H and O–H groups in total. The second kappa shape index (κ2) is 8.73. The minimum Gasteiger partial charge on any atom is -0.383 e. The molecule has 0 aliphatic heterocycles. The molecule has 0 saturated carbocycles. The Balaban J connectivity index is 1.78. The zero-order chi connectivity index (χ0) is 18.4. The van der Waals surface area contributed by atoms with Crippen molar-refractivity contribution in [2.24, 2.45) is 0 Å². The van der Waals surface area contributed by atoms with E-state index in [0.29, 0.717) is 42.5 Å². The topological polar surface area (TPSA) is 47.4 Å². The van der Waals surface area contributed by atoms with Crippen molar-refractivity contribution in [2.45, 2.75) is 13.1 Å². The maximum absolute atomic E-state index is 13.9. The van der Waals surface area contributed by atoms with E-state index in [1.807, 2.05) is 16.0 Å². The zero-order valence-electron chi connectivity index (χ0n) is 14.5. The predicted octanol–water partition coefficient (Wildman–Crippen LogP) is 3.42. The molecule has 2 aromatic heterocycles. The highest BCUT2D eigenvalue weighted by atomic mass is 32.1. The first kappa shape index (κ1) is 18.3. The van der Waals surface area contributed by atoms with Crippen LogP contribution in [0.5, 0.6) is 0 Å². The summed E-state index contributed by atoms with van der Waals surface area (Å²) in [5, 5.41) is 1.88. The molecule has 0 atom stereocenters. The highest BCUT2D eigenvalue weighted by molar-refractivity contribution is 7.12. The fourth-order valence-electron chi connectivity index (χ4n) is 2.63. The van der Waals surface area contributed by atoms with Crippen LogP contribution in [0.2, 0.25) is 0 Å². The molecule has 0 bridgehead atoms. The minimum atomic E-state index is -0.252. The number of imidazole rings is 1. The smallest absolute Gasteiger partial charge is 0.264 e. The van der Waals surface area contributed by atoms with Gasteiger partial charge in [-0.2, -0.15) is 0 Å². The van der Waals surface area contributed by atoms with Crippen molar-refractivity contribution in [2.75, 3.05) is 20.3 Å². The molecule has 3 rings (SSSR count). The van der Waals surface area contributed by atoms with Crippen molar-refractivity contribution in [1.82, 2.24) is 14.5 Å². The number of halogens is 1. The van der Waals surface area contributed by atoms with E-state index in [1.54, 1.807) is 48.7 Å². The summed E-state index contributed by atoms with van der Waals surface area (Å²) in [5.74, 6) is 0.393. The Bertz CT molecular complexity index is 848. The highest BCUT2D eigenvalue weighted by Crippen LogP contribution is 2.15. The molecule has 3 aromatic rings. The van der Waals surface area contributed by atoms with E-state index in [0.717, 1.165) is 0 Å². The average molecular weight is 373 g/mol. The summed E-state index contributed by atoms with van der Waals surface area (Å²) in [6, 6.07) is 10.3. The Morgan fingerprint density at radius 1 is 1.31 bits per heavy atom. The third-order valence-corrected chi connectivity index (χ3v) is 4.87. The number of methoxy groups -OCH3 is 1. The van der Waals surface area contributed by atoms with Crippen molar-refractivity contribution in [3.63, 3.8) is 0 Å². The molecule has 0 radical (unpaired) electrons. The monoisotopic (exact) mass is 373 g/mol. The normalized spacial score (nSPS) is 10.8. The van der Waals surface area contributed by atoms with E-state index < -0.39 is 0 Å². The Kier molecular flexibility index (Phi) is 6.14. The van der Waals surface area contributed by atoms with Crippen LogP contribution in [0.4, 0.5) is 4.39 Å². The van der Waals surface area contributed by atoms with Crippen molar-refractivity contribution in [1.29, 1.82) is 0 Å². The van der Waals surface area contributed by atoms with E-state index in [1.165, 1.54) is 17.4 Å². The number of amides is 1. The van der Waals surface area contributed by atoms with Gasteiger partial charge in [0, 0.05) is 31.6 Å². The van der Waals surface area contributed by atoms with Gasteiger partial charge in [-0.1, -0.05) is 24.3 Å². The van der Waals surface area contributed by atoms with Gasteiger partial charge in [0.05, 0.1) is 24.6 Å². The number of thiophene rings is 1. The van der Waals surface area contributed by atoms with Crippen molar-refractivity contribution < 1.29 is 13.9 Å². The summed E-state index contributed by atoms with van der Waals surface area (Å²) in [5.41, 5.74) is 0.583. The van der Waals surface area contributed by atoms with E-state index in [4.69, 9.17) is 4.74 Å². The van der Waals surface area contributed by atoms with Crippen LogP contribution < -0.4 is 0 Å². The number of ether oxygens (including phenoxy) is 1. The number of hydrogen-bond acceptors (Lipinski definition) is 4. The summed E-state index contributed by atoms with van der Waals surface area (Å²) in [6.45, 7) is 1.60. The van der Waals surface area contributed by atoms with Crippen LogP contribution in [0.3, 0.4) is 0 Å². The Labute approximate surface area is 155 Å². The van der Waals surface area contributed by atoms with Gasteiger partial charge in [0.2, 0.25) is 0 Å². The molecule has 5 nitrogen and oxygen atoms in total. The molecule has 0 unspecified atom stereocenters. The second-order valence-electron chi connectivity index (χ2n) is 5.76. The molecular formula is C19H20FN3O2S. The largest absolute Gasteiger partial charge is 0.383 e. The van der Waals surface area contributed by atoms with Crippen LogP contribution in [-0.2, 0) is 17.8 Å². The van der Waals surface area contributed by atoms with E-state index in [-0.39, 0.29) is 11.7 Å². The van der Waals surface area contributed by atoms with Gasteiger partial charge in [0.1, 0.15) is 11.6 Å². The fraction of sp³-hybridized carbons (Fsp3) is 0.263. The molecule has 1 amide bonds. The summed E-state index contributed by atoms with van der Waals surface area (Å²) >= 11 is 1.41. The van der Waals surface area contributed by atoms with Crippen LogP contribution >= 0.6 is 11.3 Å². The summed E-state index contributed by atoms with van der Waals surface area (Å²) in [4.78, 5) is 19.5. The standard InChI is InChI=1S/C19H20FN3O2S/c1-25-11-10-23(19(24)17-7-4-12-26-17)14-18-21-8-9-22(18)13-15-5-2-3-6-16(15)20/h2-9,12H,10-11,13-14H2,1H3. The van der Waals surface area contributed by atoms with E-state index in [9.17, 15) is 9.18 Å². The minimum absolute atomic E-state index is 0.0579. The third kappa shape index (κ3) is 4.36. The van der Waals surface area contributed by atoms with Gasteiger partial charge in [-0.3, -0.25) is 4.79 Å². The number of rotatable bonds is 8. The first-order chi connectivity index (χ1) is 12.7. The number of nitrogens with zero attached hydrogens (tertiary/aromatic N) is 3. The number of carbonyl (C=O) groups is 1. The second-order valence-corrected chi connectivity index (χ2v) is 6.71. The lowest BCUT2D eigenvalue weighted by atomic mass is 10.2. The van der Waals surface area contributed by atoms with Crippen LogP contribution in [0, 0.1) is 5.82 Å². The predicted molar refractivity (Wildman–Crippen MR) is 98.7 cm³/mol. The SMILES string of the molecule is COCCN(Cc1nccn1Cc1ccccc1F)C(=O)c1cccs1. The number of aromatic nitrogens is 2. The lowest BCUT2D eigenvalue weighted by Crippen LogP contribution is -2.34. The van der Waals surface area contributed by atoms with Gasteiger partial charge >= 0.3 is 0 Å². The molecule has 1 aromatic carbocycles. The van der Waals surface area contributed by atoms with Gasteiger partial charge in [-0.25, -0.2) is 9.37 Å². The number of hydrogen-bond donors (Lipinski definition) is 0. The Morgan fingerprint density at radius 3 is 2.88 bits per heavy atom. The molecule has 136 valence electrons. The van der Waals surface area contributed by atoms with Crippen LogP contribution in [-0.4, -0.2) is 40.6 Å². The molecule has 0 aliphatic carbocycles. The van der Waals surface area contributed by atoms with Gasteiger partial charge in [-0.15, -0.1) is 11.3 Å². The van der Waals surface area contributed by atoms with Gasteiger partial charge < -0.3 is 14.2 Å². The molecule has 26 heavy (non-hydrogen) atoms. The first-order valence-electron chi connectivity index (χ1n) is 8.24. The van der Waals surface area contributed by atoms with Gasteiger partial charge in [0.15, 0.2) is 0 Å². The maximum atomic E-state index is 13.9. The van der Waals surface area contributed by atoms with Crippen molar-refractivity contribution >= 4 is 17.2 Å². The average Bonchev–Trinajstić information content (AvgIpc) is 3.32. The molecule has 0 aliphatic rings. The third-order valence-electron chi connectivity index (χ3n) is 4.02. The van der Waals surface area contributed by atoms with Crippen LogP contribution in [0.25, 0.3) is 0 Å². The highest BCUT2D eigenvalue weighted by Gasteiger charge is 2.19. The molecule has 7 heteroatoms. The van der Waals surface area contributed by atoms with E-state index >= 15 is 0 Å². The van der Waals surface area contributed by atoms with Crippen LogP contribution in [0.15, 0.2) is 54.2 Å². The van der Waals surface area contributed by atoms with Crippen LogP contribution in [0.1, 0.15) is 21.1 Å². The molecule has 0 saturated heterocycles. The maximum Gasteiger partial charge on any atom is 0.264 e. The summed E-state index contributed by atoms with van der Waals surface area (Å²) in [7, 11) is 1.60. The molecule has 2 heterocycles. The molecule has 0 spiro atoms. The quantitative estimate of drug-likeness (QED) is 0.608.